The number of nitrogens with zero attached hydrogens (tertiary/aromatic N) is 2. The van der Waals surface area contributed by atoms with Crippen LogP contribution in [0.4, 0.5) is 5.82 Å². The van der Waals surface area contributed by atoms with Gasteiger partial charge < -0.3 is 15.2 Å². The van der Waals surface area contributed by atoms with E-state index in [9.17, 15) is 0 Å². The van der Waals surface area contributed by atoms with E-state index in [0.717, 1.165) is 32.4 Å². The minimum atomic E-state index is 0.436. The van der Waals surface area contributed by atoms with E-state index in [4.69, 9.17) is 4.98 Å². The zero-order chi connectivity index (χ0) is 15.9. The van der Waals surface area contributed by atoms with Gasteiger partial charge in [0.1, 0.15) is 11.6 Å². The molecule has 0 radical (unpaired) electrons. The van der Waals surface area contributed by atoms with Gasteiger partial charge in [-0.2, -0.15) is 0 Å². The van der Waals surface area contributed by atoms with Crippen molar-refractivity contribution >= 4 is 5.82 Å². The Morgan fingerprint density at radius 1 is 1.04 bits per heavy atom. The third-order valence-corrected chi connectivity index (χ3v) is 5.72. The maximum absolute atomic E-state index is 4.96. The molecule has 0 amide bonds. The van der Waals surface area contributed by atoms with Crippen molar-refractivity contribution in [2.45, 2.75) is 44.2 Å². The maximum Gasteiger partial charge on any atom is 0.130 e. The van der Waals surface area contributed by atoms with Crippen LogP contribution < -0.4 is 10.6 Å². The van der Waals surface area contributed by atoms with Gasteiger partial charge in [0.2, 0.25) is 0 Å². The molecule has 2 atom stereocenters. The van der Waals surface area contributed by atoms with Gasteiger partial charge >= 0.3 is 0 Å². The number of hydrogen-bond donors (Lipinski definition) is 2. The Kier molecular flexibility index (Phi) is 3.44. The number of imidazole rings is 1. The SMILES string of the molecule is C1=C([C@H]2CCc3nc4n(c3N2)C(c2ccccc2)CC4)CCNC1. The molecule has 3 aliphatic heterocycles. The molecule has 0 fully saturated rings. The monoisotopic (exact) mass is 320 g/mol. The summed E-state index contributed by atoms with van der Waals surface area (Å²) in [5.41, 5.74) is 4.25. The Morgan fingerprint density at radius 3 is 2.79 bits per heavy atom. The van der Waals surface area contributed by atoms with Crippen LogP contribution in [0, 0.1) is 0 Å². The van der Waals surface area contributed by atoms with Crippen molar-refractivity contribution in [2.24, 2.45) is 0 Å². The van der Waals surface area contributed by atoms with E-state index in [1.54, 1.807) is 5.57 Å². The summed E-state index contributed by atoms with van der Waals surface area (Å²) in [6, 6.07) is 11.8. The molecule has 1 aromatic carbocycles. The quantitative estimate of drug-likeness (QED) is 0.836. The topological polar surface area (TPSA) is 41.9 Å². The van der Waals surface area contributed by atoms with Crippen LogP contribution >= 0.6 is 0 Å². The van der Waals surface area contributed by atoms with Gasteiger partial charge in [0.15, 0.2) is 0 Å². The van der Waals surface area contributed by atoms with Crippen LogP contribution in [-0.2, 0) is 12.8 Å². The summed E-state index contributed by atoms with van der Waals surface area (Å²) < 4.78 is 2.48. The number of aryl methyl sites for hydroxylation is 2. The Bertz CT molecular complexity index is 774. The molecule has 1 unspecified atom stereocenters. The molecule has 4 nitrogen and oxygen atoms in total. The number of benzene rings is 1. The highest BCUT2D eigenvalue weighted by molar-refractivity contribution is 5.51. The van der Waals surface area contributed by atoms with E-state index in [1.165, 1.54) is 35.7 Å². The zero-order valence-electron chi connectivity index (χ0n) is 14.0. The minimum Gasteiger partial charge on any atom is -0.363 e. The summed E-state index contributed by atoms with van der Waals surface area (Å²) in [5.74, 6) is 2.55. The van der Waals surface area contributed by atoms with Gasteiger partial charge in [-0.25, -0.2) is 4.98 Å². The molecule has 2 aromatic rings. The number of hydrogen-bond acceptors (Lipinski definition) is 3. The third-order valence-electron chi connectivity index (χ3n) is 5.72. The van der Waals surface area contributed by atoms with Gasteiger partial charge in [0.25, 0.3) is 0 Å². The van der Waals surface area contributed by atoms with E-state index in [2.05, 4.69) is 51.6 Å². The molecule has 0 saturated heterocycles. The second kappa shape index (κ2) is 5.78. The average Bonchev–Trinajstić information content (AvgIpc) is 3.22. The first kappa shape index (κ1) is 14.3. The standard InChI is InChI=1S/C20H24N4/c1-2-4-15(5-3-1)18-8-9-19-22-17-7-6-16(23-20(17)24(18)19)14-10-12-21-13-11-14/h1-5,10,16,18,21,23H,6-9,11-13H2/t16-,18?/m1/s1. The molecule has 1 aromatic heterocycles. The lowest BCUT2D eigenvalue weighted by molar-refractivity contribution is 0.586. The fraction of sp³-hybridized carbons (Fsp3) is 0.450. The van der Waals surface area contributed by atoms with Crippen molar-refractivity contribution in [1.29, 1.82) is 0 Å². The number of fused-ring (bicyclic) bond motifs is 3. The summed E-state index contributed by atoms with van der Waals surface area (Å²) in [4.78, 5) is 4.96. The fourth-order valence-corrected chi connectivity index (χ4v) is 4.51. The molecule has 0 saturated carbocycles. The molecule has 4 heterocycles. The largest absolute Gasteiger partial charge is 0.363 e. The fourth-order valence-electron chi connectivity index (χ4n) is 4.51. The highest BCUT2D eigenvalue weighted by Crippen LogP contribution is 2.39. The van der Waals surface area contributed by atoms with Crippen LogP contribution in [0.2, 0.25) is 0 Å². The predicted octanol–water partition coefficient (Wildman–Crippen LogP) is 3.07. The Labute approximate surface area is 143 Å². The predicted molar refractivity (Wildman–Crippen MR) is 96.4 cm³/mol. The molecule has 24 heavy (non-hydrogen) atoms. The number of rotatable bonds is 2. The van der Waals surface area contributed by atoms with Crippen molar-refractivity contribution < 1.29 is 0 Å². The zero-order valence-corrected chi connectivity index (χ0v) is 14.0. The van der Waals surface area contributed by atoms with Crippen molar-refractivity contribution in [3.05, 3.63) is 59.1 Å². The lowest BCUT2D eigenvalue weighted by atomic mass is 9.93. The molecule has 0 spiro atoms. The molecule has 2 N–H and O–H groups in total. The molecular weight excluding hydrogens is 296 g/mol. The first-order chi connectivity index (χ1) is 11.9. The van der Waals surface area contributed by atoms with E-state index in [1.807, 2.05) is 0 Å². The third kappa shape index (κ3) is 2.28. The average molecular weight is 320 g/mol. The van der Waals surface area contributed by atoms with Gasteiger partial charge in [0.05, 0.1) is 11.7 Å². The van der Waals surface area contributed by atoms with Gasteiger partial charge in [-0.05, 0) is 43.4 Å². The lowest BCUT2D eigenvalue weighted by Crippen LogP contribution is -2.33. The van der Waals surface area contributed by atoms with Crippen LogP contribution in [0.3, 0.4) is 0 Å². The smallest absolute Gasteiger partial charge is 0.130 e. The number of nitrogens with one attached hydrogen (secondary N) is 2. The second-order valence-electron chi connectivity index (χ2n) is 7.13. The van der Waals surface area contributed by atoms with Crippen molar-refractivity contribution in [3.8, 4) is 0 Å². The maximum atomic E-state index is 4.96. The van der Waals surface area contributed by atoms with Gasteiger partial charge in [-0.1, -0.05) is 36.4 Å². The summed E-state index contributed by atoms with van der Waals surface area (Å²) in [6.45, 7) is 2.12. The Morgan fingerprint density at radius 2 is 1.96 bits per heavy atom. The van der Waals surface area contributed by atoms with Crippen molar-refractivity contribution in [2.75, 3.05) is 18.4 Å². The van der Waals surface area contributed by atoms with Crippen LogP contribution in [0.5, 0.6) is 0 Å². The highest BCUT2D eigenvalue weighted by atomic mass is 15.2. The summed E-state index contributed by atoms with van der Waals surface area (Å²) >= 11 is 0. The lowest BCUT2D eigenvalue weighted by Gasteiger charge is -2.30. The second-order valence-corrected chi connectivity index (χ2v) is 7.13. The normalized spacial score (nSPS) is 25.6. The van der Waals surface area contributed by atoms with Gasteiger partial charge in [0, 0.05) is 19.0 Å². The van der Waals surface area contributed by atoms with Crippen molar-refractivity contribution in [1.82, 2.24) is 14.9 Å². The first-order valence-corrected chi connectivity index (χ1v) is 9.21. The first-order valence-electron chi connectivity index (χ1n) is 9.21. The summed E-state index contributed by atoms with van der Waals surface area (Å²) in [5, 5.41) is 7.27. The van der Waals surface area contributed by atoms with Gasteiger partial charge in [-0.15, -0.1) is 0 Å². The highest BCUT2D eigenvalue weighted by Gasteiger charge is 2.33. The van der Waals surface area contributed by atoms with E-state index in [0.29, 0.717) is 12.1 Å². The van der Waals surface area contributed by atoms with Crippen LogP contribution in [0.25, 0.3) is 0 Å². The molecule has 3 aliphatic rings. The number of anilines is 1. The molecule has 0 bridgehead atoms. The summed E-state index contributed by atoms with van der Waals surface area (Å²) in [6.07, 6.45) is 8.06. The molecule has 124 valence electrons. The van der Waals surface area contributed by atoms with E-state index < -0.39 is 0 Å². The Balaban J connectivity index is 1.49. The van der Waals surface area contributed by atoms with Crippen LogP contribution in [-0.4, -0.2) is 28.7 Å². The van der Waals surface area contributed by atoms with Gasteiger partial charge in [-0.3, -0.25) is 0 Å². The molecule has 0 aliphatic carbocycles. The molecule has 4 heteroatoms. The number of aromatic nitrogens is 2. The molecular formula is C20H24N4. The molecule has 5 rings (SSSR count). The van der Waals surface area contributed by atoms with Crippen LogP contribution in [0.15, 0.2) is 42.0 Å². The van der Waals surface area contributed by atoms with Crippen LogP contribution in [0.1, 0.15) is 42.4 Å². The summed E-state index contributed by atoms with van der Waals surface area (Å²) in [7, 11) is 0. The minimum absolute atomic E-state index is 0.436. The van der Waals surface area contributed by atoms with Crippen molar-refractivity contribution in [3.63, 3.8) is 0 Å². The van der Waals surface area contributed by atoms with E-state index in [-0.39, 0.29) is 0 Å². The Hall–Kier alpha value is -2.07. The van der Waals surface area contributed by atoms with E-state index >= 15 is 0 Å².